The predicted molar refractivity (Wildman–Crippen MR) is 56.6 cm³/mol. The minimum absolute atomic E-state index is 0.336. The first-order valence-corrected chi connectivity index (χ1v) is 4.75. The van der Waals surface area contributed by atoms with Crippen LogP contribution in [0.1, 0.15) is 27.7 Å². The van der Waals surface area contributed by atoms with E-state index in [0.29, 0.717) is 18.7 Å². The molecule has 0 fully saturated rings. The highest BCUT2D eigenvalue weighted by Gasteiger charge is 2.09. The summed E-state index contributed by atoms with van der Waals surface area (Å²) in [7, 11) is 1.60. The first-order valence-electron chi connectivity index (χ1n) is 4.75. The maximum atomic E-state index is 4.75. The van der Waals surface area contributed by atoms with E-state index in [1.54, 1.807) is 7.11 Å². The maximum absolute atomic E-state index is 4.75. The summed E-state index contributed by atoms with van der Waals surface area (Å²) >= 11 is 0. The summed E-state index contributed by atoms with van der Waals surface area (Å²) < 4.78 is 4.75. The van der Waals surface area contributed by atoms with E-state index in [4.69, 9.17) is 4.74 Å². The van der Waals surface area contributed by atoms with E-state index in [9.17, 15) is 0 Å². The van der Waals surface area contributed by atoms with E-state index < -0.39 is 0 Å². The molecule has 0 saturated carbocycles. The normalized spacial score (nSPS) is 10.8. The molecule has 0 rings (SSSR count). The second-order valence-corrected chi connectivity index (χ2v) is 3.48. The third-order valence-electron chi connectivity index (χ3n) is 1.55. The van der Waals surface area contributed by atoms with Gasteiger partial charge in [0, 0.05) is 19.2 Å². The Hall–Kier alpha value is -1.08. The monoisotopic (exact) mass is 197 g/mol. The van der Waals surface area contributed by atoms with Crippen LogP contribution in [0, 0.1) is 12.0 Å². The van der Waals surface area contributed by atoms with Crippen LogP contribution >= 0.6 is 0 Å². The summed E-state index contributed by atoms with van der Waals surface area (Å²) in [5.41, 5.74) is 0. The van der Waals surface area contributed by atoms with Crippen molar-refractivity contribution >= 4 is 0 Å². The molecule has 0 N–H and O–H groups in total. The Balaban J connectivity index is 4.11. The molecule has 4 nitrogen and oxygen atoms in total. The van der Waals surface area contributed by atoms with Crippen LogP contribution in [0.25, 0.3) is 0 Å². The molecule has 0 aliphatic rings. The standard InChI is InChI=1S/C10H19N3O/c1-9(2)13(10(3)4)12-11-7-6-8-14-5/h9-10H,8H2,1-5H3/b12-11+. The zero-order valence-corrected chi connectivity index (χ0v) is 9.61. The van der Waals surface area contributed by atoms with E-state index in [0.717, 1.165) is 0 Å². The lowest BCUT2D eigenvalue weighted by atomic mass is 10.3. The number of methoxy groups -OCH3 is 1. The minimum Gasteiger partial charge on any atom is -0.372 e. The number of rotatable bonds is 4. The molecule has 0 aromatic heterocycles. The average molecular weight is 197 g/mol. The smallest absolute Gasteiger partial charge is 0.109 e. The number of ether oxygens (including phenoxy) is 1. The molecular formula is C10H19N3O. The van der Waals surface area contributed by atoms with Gasteiger partial charge in [-0.05, 0) is 33.6 Å². The van der Waals surface area contributed by atoms with E-state index in [1.165, 1.54) is 0 Å². The Morgan fingerprint density at radius 3 is 2.21 bits per heavy atom. The van der Waals surface area contributed by atoms with Crippen molar-refractivity contribution in [3.05, 3.63) is 0 Å². The van der Waals surface area contributed by atoms with Gasteiger partial charge in [0.05, 0.1) is 6.04 Å². The van der Waals surface area contributed by atoms with Crippen molar-refractivity contribution in [1.29, 1.82) is 0 Å². The molecule has 0 aromatic rings. The van der Waals surface area contributed by atoms with Gasteiger partial charge in [-0.25, -0.2) is 0 Å². The van der Waals surface area contributed by atoms with Gasteiger partial charge in [-0.3, -0.25) is 5.01 Å². The second-order valence-electron chi connectivity index (χ2n) is 3.48. The molecule has 0 aliphatic carbocycles. The van der Waals surface area contributed by atoms with Gasteiger partial charge in [0.15, 0.2) is 0 Å². The molecule has 0 bridgehead atoms. The highest BCUT2D eigenvalue weighted by Crippen LogP contribution is 2.05. The van der Waals surface area contributed by atoms with Crippen LogP contribution in [-0.4, -0.2) is 30.8 Å². The van der Waals surface area contributed by atoms with Crippen LogP contribution in [-0.2, 0) is 4.74 Å². The van der Waals surface area contributed by atoms with Crippen molar-refractivity contribution in [2.75, 3.05) is 13.7 Å². The summed E-state index contributed by atoms with van der Waals surface area (Å²) in [6.45, 7) is 8.68. The minimum atomic E-state index is 0.336. The topological polar surface area (TPSA) is 37.2 Å². The molecule has 0 heterocycles. The highest BCUT2D eigenvalue weighted by molar-refractivity contribution is 4.95. The zero-order chi connectivity index (χ0) is 11.0. The summed E-state index contributed by atoms with van der Waals surface area (Å²) in [6, 6.07) is 3.24. The number of hydrogen-bond donors (Lipinski definition) is 0. The highest BCUT2D eigenvalue weighted by atomic mass is 16.5. The molecule has 0 amide bonds. The van der Waals surface area contributed by atoms with E-state index >= 15 is 0 Å². The van der Waals surface area contributed by atoms with Crippen LogP contribution in [0.4, 0.5) is 0 Å². The molecule has 0 atom stereocenters. The molecule has 0 radical (unpaired) electrons. The Morgan fingerprint density at radius 2 is 1.79 bits per heavy atom. The SMILES string of the molecule is COCC#C/N=N/N(C(C)C)C(C)C. The van der Waals surface area contributed by atoms with Gasteiger partial charge in [-0.2, -0.15) is 0 Å². The first-order chi connectivity index (χ1) is 6.59. The van der Waals surface area contributed by atoms with Gasteiger partial charge in [0.1, 0.15) is 6.61 Å². The lowest BCUT2D eigenvalue weighted by molar-refractivity contribution is 0.170. The number of hydrogen-bond acceptors (Lipinski definition) is 3. The van der Waals surface area contributed by atoms with Crippen molar-refractivity contribution in [3.63, 3.8) is 0 Å². The molecule has 4 heteroatoms. The molecule has 0 aromatic carbocycles. The third kappa shape index (κ3) is 5.55. The fraction of sp³-hybridized carbons (Fsp3) is 0.800. The first kappa shape index (κ1) is 12.9. The molecule has 0 aliphatic heterocycles. The van der Waals surface area contributed by atoms with Gasteiger partial charge in [0.25, 0.3) is 0 Å². The summed E-state index contributed by atoms with van der Waals surface area (Å²) in [6.07, 6.45) is 0. The molecule has 14 heavy (non-hydrogen) atoms. The van der Waals surface area contributed by atoms with Crippen molar-refractivity contribution in [1.82, 2.24) is 5.01 Å². The van der Waals surface area contributed by atoms with Gasteiger partial charge in [-0.15, -0.1) is 0 Å². The quantitative estimate of drug-likeness (QED) is 0.393. The molecule has 0 saturated heterocycles. The fourth-order valence-corrected chi connectivity index (χ4v) is 1.02. The van der Waals surface area contributed by atoms with Crippen LogP contribution in [0.15, 0.2) is 10.3 Å². The molecule has 0 spiro atoms. The maximum Gasteiger partial charge on any atom is 0.109 e. The second kappa shape index (κ2) is 7.34. The molecule has 80 valence electrons. The third-order valence-corrected chi connectivity index (χ3v) is 1.55. The zero-order valence-electron chi connectivity index (χ0n) is 9.61. The molecule has 0 unspecified atom stereocenters. The average Bonchev–Trinajstić information content (AvgIpc) is 2.09. The number of nitrogens with zero attached hydrogens (tertiary/aromatic N) is 3. The van der Waals surface area contributed by atoms with Crippen LogP contribution < -0.4 is 0 Å². The van der Waals surface area contributed by atoms with Crippen LogP contribution in [0.5, 0.6) is 0 Å². The van der Waals surface area contributed by atoms with Crippen molar-refractivity contribution in [2.24, 2.45) is 10.3 Å². The van der Waals surface area contributed by atoms with Crippen LogP contribution in [0.3, 0.4) is 0 Å². The van der Waals surface area contributed by atoms with Crippen LogP contribution in [0.2, 0.25) is 0 Å². The van der Waals surface area contributed by atoms with E-state index in [-0.39, 0.29) is 0 Å². The van der Waals surface area contributed by atoms with Gasteiger partial charge in [0.2, 0.25) is 0 Å². The summed E-state index contributed by atoms with van der Waals surface area (Å²) in [5.74, 6) is 2.71. The Kier molecular flexibility index (Phi) is 6.77. The van der Waals surface area contributed by atoms with Crippen molar-refractivity contribution in [2.45, 2.75) is 39.8 Å². The Morgan fingerprint density at radius 1 is 1.21 bits per heavy atom. The Labute approximate surface area is 86.3 Å². The van der Waals surface area contributed by atoms with Crippen molar-refractivity contribution in [3.8, 4) is 12.0 Å². The Bertz CT molecular complexity index is 217. The van der Waals surface area contributed by atoms with E-state index in [2.05, 4.69) is 50.0 Å². The van der Waals surface area contributed by atoms with Gasteiger partial charge in [-0.1, -0.05) is 10.3 Å². The fourth-order valence-electron chi connectivity index (χ4n) is 1.02. The van der Waals surface area contributed by atoms with E-state index in [1.807, 2.05) is 5.01 Å². The predicted octanol–water partition coefficient (Wildman–Crippen LogP) is 2.08. The van der Waals surface area contributed by atoms with Crippen molar-refractivity contribution < 1.29 is 4.74 Å². The summed E-state index contributed by atoms with van der Waals surface area (Å²) in [4.78, 5) is 0. The lowest BCUT2D eigenvalue weighted by Crippen LogP contribution is -2.31. The lowest BCUT2D eigenvalue weighted by Gasteiger charge is -2.25. The van der Waals surface area contributed by atoms with Gasteiger partial charge >= 0.3 is 0 Å². The summed E-state index contributed by atoms with van der Waals surface area (Å²) in [5, 5.41) is 9.69. The molecular weight excluding hydrogens is 178 g/mol. The largest absolute Gasteiger partial charge is 0.372 e. The van der Waals surface area contributed by atoms with Gasteiger partial charge < -0.3 is 4.74 Å².